The zero-order valence-corrected chi connectivity index (χ0v) is 16.1. The van der Waals surface area contributed by atoms with Gasteiger partial charge in [-0.25, -0.2) is 4.39 Å². The molecule has 1 aromatic heterocycles. The number of halogens is 1. The Hall–Kier alpha value is -3.18. The second-order valence-electron chi connectivity index (χ2n) is 6.53. The Bertz CT molecular complexity index is 1150. The summed E-state index contributed by atoms with van der Waals surface area (Å²) < 4.78 is 19.5. The number of amides is 1. The Kier molecular flexibility index (Phi) is 5.08. The second-order valence-corrected chi connectivity index (χ2v) is 7.45. The van der Waals surface area contributed by atoms with E-state index in [1.54, 1.807) is 25.1 Å². The first-order valence-corrected chi connectivity index (χ1v) is 9.73. The van der Waals surface area contributed by atoms with Crippen LogP contribution in [-0.2, 0) is 6.61 Å². The van der Waals surface area contributed by atoms with Gasteiger partial charge in [-0.05, 0) is 59.0 Å². The van der Waals surface area contributed by atoms with Crippen molar-refractivity contribution in [3.05, 3.63) is 93.9 Å². The van der Waals surface area contributed by atoms with E-state index in [1.807, 2.05) is 41.8 Å². The average molecular weight is 391 g/mol. The van der Waals surface area contributed by atoms with Gasteiger partial charge in [0.05, 0.1) is 4.88 Å². The van der Waals surface area contributed by atoms with Gasteiger partial charge < -0.3 is 10.1 Å². The summed E-state index contributed by atoms with van der Waals surface area (Å²) >= 11 is 1.34. The molecule has 0 saturated heterocycles. The van der Waals surface area contributed by atoms with Crippen molar-refractivity contribution >= 4 is 33.7 Å². The number of ether oxygens (including phenoxy) is 1. The molecule has 4 rings (SSSR count). The molecule has 4 aromatic rings. The van der Waals surface area contributed by atoms with Crippen LogP contribution in [0.15, 0.2) is 72.1 Å². The maximum atomic E-state index is 13.6. The molecule has 0 aliphatic heterocycles. The molecule has 1 amide bonds. The molecule has 140 valence electrons. The third kappa shape index (κ3) is 4.05. The van der Waals surface area contributed by atoms with Crippen LogP contribution in [0.2, 0.25) is 0 Å². The first-order chi connectivity index (χ1) is 13.6. The Morgan fingerprint density at radius 1 is 1.04 bits per heavy atom. The minimum Gasteiger partial charge on any atom is -0.489 e. The van der Waals surface area contributed by atoms with Gasteiger partial charge in [0.2, 0.25) is 0 Å². The van der Waals surface area contributed by atoms with Crippen molar-refractivity contribution in [3.8, 4) is 5.75 Å². The van der Waals surface area contributed by atoms with E-state index in [2.05, 4.69) is 11.4 Å². The van der Waals surface area contributed by atoms with Crippen LogP contribution in [0.5, 0.6) is 5.75 Å². The van der Waals surface area contributed by atoms with E-state index in [9.17, 15) is 9.18 Å². The molecule has 0 saturated carbocycles. The number of hydrogen-bond donors (Lipinski definition) is 1. The molecule has 0 bridgehead atoms. The second kappa shape index (κ2) is 7.82. The summed E-state index contributed by atoms with van der Waals surface area (Å²) in [6.45, 7) is 2.06. The number of hydrogen-bond acceptors (Lipinski definition) is 3. The summed E-state index contributed by atoms with van der Waals surface area (Å²) in [5.74, 6) is 0.185. The van der Waals surface area contributed by atoms with E-state index in [0.717, 1.165) is 22.1 Å². The number of aryl methyl sites for hydroxylation is 1. The lowest BCUT2D eigenvalue weighted by Gasteiger charge is -2.06. The predicted octanol–water partition coefficient (Wildman–Crippen LogP) is 6.18. The molecule has 0 atom stereocenters. The fourth-order valence-corrected chi connectivity index (χ4v) is 3.65. The van der Waals surface area contributed by atoms with Gasteiger partial charge in [0, 0.05) is 11.3 Å². The summed E-state index contributed by atoms with van der Waals surface area (Å²) in [5.41, 5.74) is 1.90. The van der Waals surface area contributed by atoms with E-state index in [1.165, 1.54) is 17.4 Å². The highest BCUT2D eigenvalue weighted by Crippen LogP contribution is 2.23. The summed E-state index contributed by atoms with van der Waals surface area (Å²) in [6, 6.07) is 20.5. The van der Waals surface area contributed by atoms with Gasteiger partial charge in [0.1, 0.15) is 18.2 Å². The molecule has 0 aliphatic rings. The minimum atomic E-state index is -0.339. The fourth-order valence-electron chi connectivity index (χ4n) is 2.86. The highest BCUT2D eigenvalue weighted by molar-refractivity contribution is 7.12. The Labute approximate surface area is 166 Å². The van der Waals surface area contributed by atoms with Crippen molar-refractivity contribution in [2.24, 2.45) is 0 Å². The highest BCUT2D eigenvalue weighted by Gasteiger charge is 2.11. The molecule has 3 nitrogen and oxygen atoms in total. The Morgan fingerprint density at radius 2 is 1.86 bits per heavy atom. The van der Waals surface area contributed by atoms with Crippen molar-refractivity contribution in [1.29, 1.82) is 0 Å². The summed E-state index contributed by atoms with van der Waals surface area (Å²) in [5, 5.41) is 6.90. The first kappa shape index (κ1) is 18.2. The highest BCUT2D eigenvalue weighted by atomic mass is 32.1. The number of anilines is 1. The molecule has 0 fully saturated rings. The van der Waals surface area contributed by atoms with Crippen molar-refractivity contribution in [2.75, 3.05) is 5.32 Å². The number of carbonyl (C=O) groups excluding carboxylic acids is 1. The van der Waals surface area contributed by atoms with Crippen LogP contribution in [-0.4, -0.2) is 5.91 Å². The Morgan fingerprint density at radius 3 is 2.68 bits per heavy atom. The van der Waals surface area contributed by atoms with Crippen molar-refractivity contribution < 1.29 is 13.9 Å². The normalized spacial score (nSPS) is 10.8. The summed E-state index contributed by atoms with van der Waals surface area (Å²) in [7, 11) is 0. The number of rotatable bonds is 5. The maximum Gasteiger partial charge on any atom is 0.265 e. The molecule has 0 unspecified atom stereocenters. The number of thiophene rings is 1. The molecule has 0 aliphatic carbocycles. The smallest absolute Gasteiger partial charge is 0.265 e. The van der Waals surface area contributed by atoms with Crippen LogP contribution < -0.4 is 10.1 Å². The van der Waals surface area contributed by atoms with E-state index in [-0.39, 0.29) is 11.7 Å². The quantitative estimate of drug-likeness (QED) is 0.441. The van der Waals surface area contributed by atoms with Gasteiger partial charge in [-0.2, -0.15) is 0 Å². The van der Waals surface area contributed by atoms with Crippen molar-refractivity contribution in [3.63, 3.8) is 0 Å². The van der Waals surface area contributed by atoms with E-state index in [0.29, 0.717) is 22.7 Å². The molecular formula is C23H18FNO2S. The molecular weight excluding hydrogens is 373 g/mol. The summed E-state index contributed by atoms with van der Waals surface area (Å²) in [4.78, 5) is 12.9. The van der Waals surface area contributed by atoms with Crippen LogP contribution in [0.25, 0.3) is 10.8 Å². The maximum absolute atomic E-state index is 13.6. The van der Waals surface area contributed by atoms with E-state index in [4.69, 9.17) is 4.74 Å². The molecule has 28 heavy (non-hydrogen) atoms. The number of carbonyl (C=O) groups is 1. The lowest BCUT2D eigenvalue weighted by Crippen LogP contribution is -2.10. The van der Waals surface area contributed by atoms with Gasteiger partial charge >= 0.3 is 0 Å². The van der Waals surface area contributed by atoms with Gasteiger partial charge in [0.25, 0.3) is 5.91 Å². The number of benzene rings is 3. The van der Waals surface area contributed by atoms with Crippen LogP contribution in [0.1, 0.15) is 20.8 Å². The standard InChI is InChI=1S/C23H18FNO2S/c1-15-6-8-19(12-21(15)24)25-23(26)22-10-16(14-28-22)13-27-20-9-7-17-4-2-3-5-18(17)11-20/h2-12,14H,13H2,1H3,(H,25,26). The van der Waals surface area contributed by atoms with Gasteiger partial charge in [0.15, 0.2) is 0 Å². The summed E-state index contributed by atoms with van der Waals surface area (Å²) in [6.07, 6.45) is 0. The van der Waals surface area contributed by atoms with Crippen molar-refractivity contribution in [1.82, 2.24) is 0 Å². The van der Waals surface area contributed by atoms with Gasteiger partial charge in [-0.1, -0.05) is 36.4 Å². The van der Waals surface area contributed by atoms with Crippen LogP contribution in [0.3, 0.4) is 0 Å². The third-order valence-electron chi connectivity index (χ3n) is 4.43. The van der Waals surface area contributed by atoms with Crippen LogP contribution in [0.4, 0.5) is 10.1 Å². The number of fused-ring (bicyclic) bond motifs is 1. The minimum absolute atomic E-state index is 0.259. The van der Waals surface area contributed by atoms with E-state index < -0.39 is 0 Å². The zero-order chi connectivity index (χ0) is 19.5. The molecule has 0 radical (unpaired) electrons. The van der Waals surface area contributed by atoms with Gasteiger partial charge in [-0.15, -0.1) is 11.3 Å². The molecule has 0 spiro atoms. The Balaban J connectivity index is 1.40. The SMILES string of the molecule is Cc1ccc(NC(=O)c2cc(COc3ccc4ccccc4c3)cs2)cc1F. The topological polar surface area (TPSA) is 38.3 Å². The molecule has 3 aromatic carbocycles. The number of nitrogens with one attached hydrogen (secondary N) is 1. The largest absolute Gasteiger partial charge is 0.489 e. The molecule has 5 heteroatoms. The fraction of sp³-hybridized carbons (Fsp3) is 0.0870. The zero-order valence-electron chi connectivity index (χ0n) is 15.2. The molecule has 1 heterocycles. The lowest BCUT2D eigenvalue weighted by atomic mass is 10.1. The van der Waals surface area contributed by atoms with E-state index >= 15 is 0 Å². The first-order valence-electron chi connectivity index (χ1n) is 8.85. The predicted molar refractivity (Wildman–Crippen MR) is 112 cm³/mol. The lowest BCUT2D eigenvalue weighted by molar-refractivity contribution is 0.103. The molecule has 1 N–H and O–H groups in total. The van der Waals surface area contributed by atoms with Crippen LogP contribution >= 0.6 is 11.3 Å². The van der Waals surface area contributed by atoms with Gasteiger partial charge in [-0.3, -0.25) is 4.79 Å². The van der Waals surface area contributed by atoms with Crippen molar-refractivity contribution in [2.45, 2.75) is 13.5 Å². The average Bonchev–Trinajstić information content (AvgIpc) is 3.18. The monoisotopic (exact) mass is 391 g/mol. The third-order valence-corrected chi connectivity index (χ3v) is 5.41. The van der Waals surface area contributed by atoms with Crippen LogP contribution in [0, 0.1) is 12.7 Å².